The van der Waals surface area contributed by atoms with Gasteiger partial charge in [0.15, 0.2) is 0 Å². The van der Waals surface area contributed by atoms with Gasteiger partial charge < -0.3 is 15.5 Å². The van der Waals surface area contributed by atoms with Crippen LogP contribution in [-0.2, 0) is 20.9 Å². The van der Waals surface area contributed by atoms with Crippen molar-refractivity contribution >= 4 is 29.3 Å². The van der Waals surface area contributed by atoms with Crippen LogP contribution in [0.15, 0.2) is 18.2 Å². The van der Waals surface area contributed by atoms with Gasteiger partial charge in [0.05, 0.1) is 0 Å². The van der Waals surface area contributed by atoms with Crippen molar-refractivity contribution in [2.24, 2.45) is 0 Å². The fraction of sp³-hybridized carbons (Fsp3) is 0.524. The normalized spacial score (nSPS) is 28.1. The summed E-state index contributed by atoms with van der Waals surface area (Å²) in [5.74, 6) is -1.07. The van der Waals surface area contributed by atoms with Crippen molar-refractivity contribution in [2.45, 2.75) is 50.4 Å². The molecule has 2 bridgehead atoms. The molecule has 3 atom stereocenters. The van der Waals surface area contributed by atoms with Gasteiger partial charge in [-0.05, 0) is 25.0 Å². The molecule has 3 unspecified atom stereocenters. The van der Waals surface area contributed by atoms with Gasteiger partial charge in [-0.1, -0.05) is 6.07 Å². The lowest BCUT2D eigenvalue weighted by atomic mass is 9.91. The minimum Gasteiger partial charge on any atom is -0.326 e. The van der Waals surface area contributed by atoms with Crippen molar-refractivity contribution < 1.29 is 19.2 Å². The number of benzene rings is 1. The number of piperazine rings is 1. The monoisotopic (exact) mass is 411 g/mol. The van der Waals surface area contributed by atoms with Gasteiger partial charge in [-0.2, -0.15) is 0 Å². The van der Waals surface area contributed by atoms with Gasteiger partial charge in [-0.15, -0.1) is 0 Å². The molecule has 0 aromatic heterocycles. The number of carbonyl (C=O) groups is 4. The molecule has 30 heavy (non-hydrogen) atoms. The SMILES string of the molecule is O=C1CCC(N2Cc3c(NC(=O)CCN4CC5CC(C4)N5)cccc3C2=O)C(=O)N1. The topological polar surface area (TPSA) is 111 Å². The number of carbonyl (C=O) groups excluding carboxylic acids is 4. The van der Waals surface area contributed by atoms with Crippen LogP contribution in [0.2, 0.25) is 0 Å². The maximum absolute atomic E-state index is 12.9. The summed E-state index contributed by atoms with van der Waals surface area (Å²) in [5, 5.41) is 8.74. The molecule has 5 aliphatic heterocycles. The first-order valence-corrected chi connectivity index (χ1v) is 10.5. The third-order valence-electron chi connectivity index (χ3n) is 6.51. The highest BCUT2D eigenvalue weighted by atomic mass is 16.2. The molecule has 0 saturated carbocycles. The Labute approximate surface area is 174 Å². The Morgan fingerprint density at radius 3 is 2.67 bits per heavy atom. The molecule has 5 heterocycles. The number of nitrogens with zero attached hydrogens (tertiary/aromatic N) is 2. The van der Waals surface area contributed by atoms with Crippen LogP contribution in [-0.4, -0.2) is 71.2 Å². The van der Waals surface area contributed by atoms with Crippen LogP contribution < -0.4 is 16.0 Å². The smallest absolute Gasteiger partial charge is 0.255 e. The van der Waals surface area contributed by atoms with Crippen LogP contribution in [0.25, 0.3) is 0 Å². The molecule has 0 spiro atoms. The van der Waals surface area contributed by atoms with Crippen LogP contribution >= 0.6 is 0 Å². The molecule has 4 fully saturated rings. The Hall–Kier alpha value is -2.78. The number of rotatable bonds is 5. The van der Waals surface area contributed by atoms with Crippen molar-refractivity contribution in [1.82, 2.24) is 20.4 Å². The van der Waals surface area contributed by atoms with Crippen molar-refractivity contribution in [3.63, 3.8) is 0 Å². The Morgan fingerprint density at radius 1 is 1.17 bits per heavy atom. The van der Waals surface area contributed by atoms with E-state index in [2.05, 4.69) is 20.9 Å². The fourth-order valence-electron chi connectivity index (χ4n) is 4.96. The van der Waals surface area contributed by atoms with E-state index in [1.54, 1.807) is 18.2 Å². The van der Waals surface area contributed by atoms with Crippen LogP contribution in [0, 0.1) is 0 Å². The molecular formula is C21H25N5O4. The Morgan fingerprint density at radius 2 is 1.93 bits per heavy atom. The number of anilines is 1. The number of amides is 4. The summed E-state index contributed by atoms with van der Waals surface area (Å²) in [4.78, 5) is 52.8. The molecule has 0 radical (unpaired) electrons. The third-order valence-corrected chi connectivity index (χ3v) is 6.51. The number of piperidine rings is 2. The molecule has 4 amide bonds. The number of imide groups is 1. The van der Waals surface area contributed by atoms with Gasteiger partial charge in [0, 0.05) is 67.9 Å². The van der Waals surface area contributed by atoms with Gasteiger partial charge >= 0.3 is 0 Å². The number of hydrogen-bond donors (Lipinski definition) is 3. The zero-order valence-electron chi connectivity index (χ0n) is 16.6. The molecule has 1 aromatic carbocycles. The standard InChI is InChI=1S/C21H25N5O4/c27-18-5-4-17(20(29)24-18)26-11-15-14(21(26)30)2-1-3-16(15)23-19(28)6-7-25-9-12-8-13(10-25)22-12/h1-3,12-13,17,22H,4-11H2,(H,23,28)(H,24,27,29). The van der Waals surface area contributed by atoms with Crippen LogP contribution in [0.1, 0.15) is 41.6 Å². The van der Waals surface area contributed by atoms with Gasteiger partial charge in [-0.3, -0.25) is 29.4 Å². The first kappa shape index (κ1) is 19.2. The number of hydrogen-bond acceptors (Lipinski definition) is 6. The van der Waals surface area contributed by atoms with Gasteiger partial charge in [0.25, 0.3) is 5.91 Å². The van der Waals surface area contributed by atoms with Crippen LogP contribution in [0.5, 0.6) is 0 Å². The first-order valence-electron chi connectivity index (χ1n) is 10.5. The summed E-state index contributed by atoms with van der Waals surface area (Å²) < 4.78 is 0. The fourth-order valence-corrected chi connectivity index (χ4v) is 4.96. The van der Waals surface area contributed by atoms with E-state index in [1.165, 1.54) is 11.3 Å². The zero-order valence-corrected chi connectivity index (χ0v) is 16.6. The second-order valence-electron chi connectivity index (χ2n) is 8.59. The molecule has 3 N–H and O–H groups in total. The molecule has 5 aliphatic rings. The van der Waals surface area contributed by atoms with Crippen molar-refractivity contribution in [1.29, 1.82) is 0 Å². The summed E-state index contributed by atoms with van der Waals surface area (Å²) in [6.07, 6.45) is 2.16. The van der Waals surface area contributed by atoms with Crippen LogP contribution in [0.4, 0.5) is 5.69 Å². The first-order chi connectivity index (χ1) is 14.5. The molecule has 9 heteroatoms. The Bertz CT molecular complexity index is 916. The van der Waals surface area contributed by atoms with E-state index >= 15 is 0 Å². The highest BCUT2D eigenvalue weighted by Crippen LogP contribution is 2.32. The predicted octanol–water partition coefficient (Wildman–Crippen LogP) is -0.178. The zero-order chi connectivity index (χ0) is 20.8. The van der Waals surface area contributed by atoms with Crippen molar-refractivity contribution in [3.05, 3.63) is 29.3 Å². The molecule has 6 rings (SSSR count). The quantitative estimate of drug-likeness (QED) is 0.580. The summed E-state index contributed by atoms with van der Waals surface area (Å²) in [5.41, 5.74) is 1.84. The number of nitrogens with one attached hydrogen (secondary N) is 3. The minimum absolute atomic E-state index is 0.0810. The number of fused-ring (bicyclic) bond motifs is 3. The molecule has 4 saturated heterocycles. The second-order valence-corrected chi connectivity index (χ2v) is 8.59. The summed E-state index contributed by atoms with van der Waals surface area (Å²) in [7, 11) is 0. The molecular weight excluding hydrogens is 386 g/mol. The van der Waals surface area contributed by atoms with E-state index in [-0.39, 0.29) is 30.7 Å². The maximum Gasteiger partial charge on any atom is 0.255 e. The predicted molar refractivity (Wildman–Crippen MR) is 108 cm³/mol. The summed E-state index contributed by atoms with van der Waals surface area (Å²) >= 11 is 0. The van der Waals surface area contributed by atoms with Gasteiger partial charge in [-0.25, -0.2) is 0 Å². The lowest BCUT2D eigenvalue weighted by Crippen LogP contribution is -2.66. The highest BCUT2D eigenvalue weighted by Gasteiger charge is 2.40. The van der Waals surface area contributed by atoms with Gasteiger partial charge in [0.1, 0.15) is 6.04 Å². The lowest BCUT2D eigenvalue weighted by molar-refractivity contribution is -0.137. The van der Waals surface area contributed by atoms with E-state index in [0.29, 0.717) is 36.2 Å². The average Bonchev–Trinajstić information content (AvgIpc) is 3.04. The Balaban J connectivity index is 1.23. The van der Waals surface area contributed by atoms with E-state index in [9.17, 15) is 19.2 Å². The molecule has 9 nitrogen and oxygen atoms in total. The summed E-state index contributed by atoms with van der Waals surface area (Å²) in [6, 6.07) is 5.71. The van der Waals surface area contributed by atoms with E-state index in [4.69, 9.17) is 0 Å². The molecule has 158 valence electrons. The minimum atomic E-state index is -0.662. The van der Waals surface area contributed by atoms with Crippen molar-refractivity contribution in [3.8, 4) is 0 Å². The van der Waals surface area contributed by atoms with Gasteiger partial charge in [0.2, 0.25) is 17.7 Å². The van der Waals surface area contributed by atoms with E-state index < -0.39 is 11.9 Å². The Kier molecular flexibility index (Phi) is 4.79. The van der Waals surface area contributed by atoms with E-state index in [1.807, 2.05) is 0 Å². The average molecular weight is 411 g/mol. The lowest BCUT2D eigenvalue weighted by Gasteiger charge is -2.48. The molecule has 1 aromatic rings. The molecule has 0 aliphatic carbocycles. The maximum atomic E-state index is 12.9. The third kappa shape index (κ3) is 3.48. The summed E-state index contributed by atoms with van der Waals surface area (Å²) in [6.45, 7) is 2.94. The van der Waals surface area contributed by atoms with E-state index in [0.717, 1.165) is 25.2 Å². The van der Waals surface area contributed by atoms with Crippen LogP contribution in [0.3, 0.4) is 0 Å². The second kappa shape index (κ2) is 7.48. The largest absolute Gasteiger partial charge is 0.326 e. The van der Waals surface area contributed by atoms with Crippen molar-refractivity contribution in [2.75, 3.05) is 25.0 Å². The highest BCUT2D eigenvalue weighted by molar-refractivity contribution is 6.06.